The van der Waals surface area contributed by atoms with E-state index in [0.717, 1.165) is 36.5 Å². The summed E-state index contributed by atoms with van der Waals surface area (Å²) in [6.07, 6.45) is 3.06. The molecule has 1 aliphatic rings. The molecule has 0 saturated carbocycles. The molecule has 156 valence electrons. The van der Waals surface area contributed by atoms with Crippen LogP contribution in [0.1, 0.15) is 12.8 Å². The van der Waals surface area contributed by atoms with Crippen molar-refractivity contribution in [2.75, 3.05) is 23.3 Å². The topological polar surface area (TPSA) is 75.4 Å². The Hall–Kier alpha value is -3.81. The normalized spacial score (nSPS) is 16.4. The summed E-state index contributed by atoms with van der Waals surface area (Å²) in [6, 6.07) is 18.1. The summed E-state index contributed by atoms with van der Waals surface area (Å²) >= 11 is 0. The zero-order chi connectivity index (χ0) is 21.2. The molecule has 1 N–H and O–H groups in total. The van der Waals surface area contributed by atoms with Gasteiger partial charge in [0.2, 0.25) is 5.91 Å². The van der Waals surface area contributed by atoms with Gasteiger partial charge in [-0.3, -0.25) is 4.79 Å². The zero-order valence-electron chi connectivity index (χ0n) is 16.8. The fourth-order valence-electron chi connectivity index (χ4n) is 3.98. The summed E-state index contributed by atoms with van der Waals surface area (Å²) in [5.74, 6) is 0.468. The van der Waals surface area contributed by atoms with Crippen LogP contribution in [-0.2, 0) is 4.79 Å². The first-order valence-electron chi connectivity index (χ1n) is 10.3. The monoisotopic (exact) mass is 416 g/mol. The summed E-state index contributed by atoms with van der Waals surface area (Å²) in [5.41, 5.74) is 1.99. The molecule has 1 aliphatic heterocycles. The summed E-state index contributed by atoms with van der Waals surface area (Å²) < 4.78 is 15.7. The summed E-state index contributed by atoms with van der Waals surface area (Å²) in [7, 11) is 0. The van der Waals surface area contributed by atoms with Crippen molar-refractivity contribution in [2.24, 2.45) is 5.92 Å². The van der Waals surface area contributed by atoms with Gasteiger partial charge in [-0.15, -0.1) is 0 Å². The second-order valence-electron chi connectivity index (χ2n) is 7.59. The van der Waals surface area contributed by atoms with Gasteiger partial charge < -0.3 is 10.2 Å². The van der Waals surface area contributed by atoms with Gasteiger partial charge in [-0.1, -0.05) is 42.5 Å². The molecule has 0 radical (unpaired) electrons. The zero-order valence-corrected chi connectivity index (χ0v) is 16.8. The molecule has 31 heavy (non-hydrogen) atoms. The molecule has 1 fully saturated rings. The summed E-state index contributed by atoms with van der Waals surface area (Å²) in [5, 5.41) is 7.06. The Kier molecular flexibility index (Phi) is 5.03. The molecule has 0 spiro atoms. The third-order valence-electron chi connectivity index (χ3n) is 5.55. The number of para-hydroxylation sites is 1. The van der Waals surface area contributed by atoms with E-state index in [-0.39, 0.29) is 17.5 Å². The Labute approximate surface area is 178 Å². The molecule has 8 heteroatoms. The highest BCUT2D eigenvalue weighted by Crippen LogP contribution is 2.28. The van der Waals surface area contributed by atoms with E-state index in [2.05, 4.69) is 25.3 Å². The van der Waals surface area contributed by atoms with Crippen LogP contribution in [0, 0.1) is 11.7 Å². The van der Waals surface area contributed by atoms with Crippen LogP contribution in [0.15, 0.2) is 67.0 Å². The van der Waals surface area contributed by atoms with Crippen molar-refractivity contribution >= 4 is 23.2 Å². The van der Waals surface area contributed by atoms with Gasteiger partial charge in [-0.25, -0.2) is 9.37 Å². The number of carbonyl (C=O) groups excluding carboxylic acids is 1. The van der Waals surface area contributed by atoms with Crippen molar-refractivity contribution in [1.29, 1.82) is 0 Å². The van der Waals surface area contributed by atoms with Gasteiger partial charge in [0.05, 0.1) is 17.3 Å². The van der Waals surface area contributed by atoms with Gasteiger partial charge in [0, 0.05) is 24.7 Å². The van der Waals surface area contributed by atoms with E-state index in [1.165, 1.54) is 12.4 Å². The number of nitrogens with zero attached hydrogens (tertiary/aromatic N) is 5. The molecule has 2 aromatic heterocycles. The number of rotatable bonds is 4. The van der Waals surface area contributed by atoms with Gasteiger partial charge in [-0.05, 0) is 25.0 Å². The molecule has 1 amide bonds. The predicted octanol–water partition coefficient (Wildman–Crippen LogP) is 3.79. The second kappa shape index (κ2) is 8.14. The highest BCUT2D eigenvalue weighted by atomic mass is 19.1. The quantitative estimate of drug-likeness (QED) is 0.548. The smallest absolute Gasteiger partial charge is 0.254 e. The molecule has 0 unspecified atom stereocenters. The van der Waals surface area contributed by atoms with Gasteiger partial charge in [0.25, 0.3) is 5.78 Å². The van der Waals surface area contributed by atoms with Crippen LogP contribution < -0.4 is 10.2 Å². The molecule has 7 nitrogen and oxygen atoms in total. The Morgan fingerprint density at radius 1 is 1.10 bits per heavy atom. The van der Waals surface area contributed by atoms with Crippen molar-refractivity contribution < 1.29 is 9.18 Å². The van der Waals surface area contributed by atoms with Gasteiger partial charge >= 0.3 is 0 Å². The molecular weight excluding hydrogens is 395 g/mol. The van der Waals surface area contributed by atoms with Crippen molar-refractivity contribution in [3.05, 3.63) is 72.8 Å². The number of aromatic nitrogens is 4. The van der Waals surface area contributed by atoms with Crippen LogP contribution in [0.3, 0.4) is 0 Å². The van der Waals surface area contributed by atoms with E-state index < -0.39 is 5.82 Å². The average Bonchev–Trinajstić information content (AvgIpc) is 3.29. The van der Waals surface area contributed by atoms with E-state index in [0.29, 0.717) is 12.3 Å². The maximum Gasteiger partial charge on any atom is 0.254 e. The molecule has 0 bridgehead atoms. The lowest BCUT2D eigenvalue weighted by Gasteiger charge is -2.33. The maximum atomic E-state index is 14.0. The number of benzene rings is 2. The van der Waals surface area contributed by atoms with E-state index in [1.54, 1.807) is 22.7 Å². The van der Waals surface area contributed by atoms with Crippen LogP contribution in [0.2, 0.25) is 0 Å². The Morgan fingerprint density at radius 3 is 2.74 bits per heavy atom. The summed E-state index contributed by atoms with van der Waals surface area (Å²) in [6.45, 7) is 1.30. The fraction of sp³-hybridized carbons (Fsp3) is 0.217. The first-order chi connectivity index (χ1) is 15.2. The molecule has 3 heterocycles. The second-order valence-corrected chi connectivity index (χ2v) is 7.59. The number of amides is 1. The first kappa shape index (κ1) is 19.2. The van der Waals surface area contributed by atoms with Crippen molar-refractivity contribution in [3.8, 4) is 11.3 Å². The van der Waals surface area contributed by atoms with Crippen LogP contribution in [0.5, 0.6) is 0 Å². The largest absolute Gasteiger partial charge is 0.356 e. The number of fused-ring (bicyclic) bond motifs is 1. The Morgan fingerprint density at radius 2 is 1.90 bits per heavy atom. The minimum atomic E-state index is -0.436. The van der Waals surface area contributed by atoms with Crippen molar-refractivity contribution in [3.63, 3.8) is 0 Å². The number of nitrogens with one attached hydrogen (secondary N) is 1. The predicted molar refractivity (Wildman–Crippen MR) is 116 cm³/mol. The highest BCUT2D eigenvalue weighted by Gasteiger charge is 2.28. The van der Waals surface area contributed by atoms with Crippen LogP contribution in [0.25, 0.3) is 17.0 Å². The Bertz CT molecular complexity index is 1230. The number of halogens is 1. The Balaban J connectivity index is 1.43. The molecule has 0 aliphatic carbocycles. The number of hydrogen-bond donors (Lipinski definition) is 1. The average molecular weight is 416 g/mol. The van der Waals surface area contributed by atoms with E-state index >= 15 is 0 Å². The molecule has 1 saturated heterocycles. The van der Waals surface area contributed by atoms with Crippen molar-refractivity contribution in [1.82, 2.24) is 19.6 Å². The standard InChI is InChI=1S/C23H21FN6O/c24-18-10-4-5-11-19(18)27-22(31)17-9-6-12-29(14-17)21-13-20(16-7-2-1-3-8-16)28-23-25-15-26-30(21)23/h1-5,7-8,10-11,13,15,17H,6,9,12,14H2,(H,27,31)/t17-/m0/s1. The van der Waals surface area contributed by atoms with Crippen LogP contribution in [-0.4, -0.2) is 38.6 Å². The minimum Gasteiger partial charge on any atom is -0.356 e. The number of carbonyl (C=O) groups is 1. The lowest BCUT2D eigenvalue weighted by Crippen LogP contribution is -2.41. The first-order valence-corrected chi connectivity index (χ1v) is 10.3. The molecular formula is C23H21FN6O. The minimum absolute atomic E-state index is 0.179. The fourth-order valence-corrected chi connectivity index (χ4v) is 3.98. The number of anilines is 2. The third kappa shape index (κ3) is 3.84. The van der Waals surface area contributed by atoms with Gasteiger partial charge in [0.1, 0.15) is 18.0 Å². The van der Waals surface area contributed by atoms with Gasteiger partial charge in [-0.2, -0.15) is 14.6 Å². The lowest BCUT2D eigenvalue weighted by molar-refractivity contribution is -0.120. The number of piperidine rings is 1. The summed E-state index contributed by atoms with van der Waals surface area (Å²) in [4.78, 5) is 23.9. The van der Waals surface area contributed by atoms with Crippen molar-refractivity contribution in [2.45, 2.75) is 12.8 Å². The molecule has 1 atom stereocenters. The molecule has 4 aromatic rings. The van der Waals surface area contributed by atoms with Crippen LogP contribution >= 0.6 is 0 Å². The van der Waals surface area contributed by atoms with E-state index in [9.17, 15) is 9.18 Å². The van der Waals surface area contributed by atoms with Crippen LogP contribution in [0.4, 0.5) is 15.9 Å². The highest BCUT2D eigenvalue weighted by molar-refractivity contribution is 5.93. The molecule has 5 rings (SSSR count). The third-order valence-corrected chi connectivity index (χ3v) is 5.55. The molecule has 2 aromatic carbocycles. The number of hydrogen-bond acceptors (Lipinski definition) is 5. The lowest BCUT2D eigenvalue weighted by atomic mass is 9.97. The maximum absolute atomic E-state index is 14.0. The SMILES string of the molecule is O=C(Nc1ccccc1F)[C@H]1CCCN(c2cc(-c3ccccc3)nc3ncnn23)C1. The van der Waals surface area contributed by atoms with E-state index in [1.807, 2.05) is 36.4 Å². The van der Waals surface area contributed by atoms with Gasteiger partial charge in [0.15, 0.2) is 0 Å². The van der Waals surface area contributed by atoms with E-state index in [4.69, 9.17) is 0 Å².